The normalized spacial score (nSPS) is 25.7. The minimum atomic E-state index is -4.23. The van der Waals surface area contributed by atoms with E-state index in [-0.39, 0.29) is 5.78 Å². The Morgan fingerprint density at radius 3 is 2.69 bits per heavy atom. The fourth-order valence-electron chi connectivity index (χ4n) is 1.91. The van der Waals surface area contributed by atoms with E-state index < -0.39 is 12.1 Å². The van der Waals surface area contributed by atoms with Crippen LogP contribution < -0.4 is 0 Å². The van der Waals surface area contributed by atoms with Crippen molar-refractivity contribution in [2.24, 2.45) is 5.92 Å². The summed E-state index contributed by atoms with van der Waals surface area (Å²) in [6, 6.07) is 0. The predicted molar refractivity (Wildman–Crippen MR) is 53.7 cm³/mol. The molecule has 4 heteroatoms. The maximum Gasteiger partial charge on any atom is 0.398 e. The molecule has 2 aliphatic carbocycles. The minimum Gasteiger partial charge on any atom is -0.299 e. The Morgan fingerprint density at radius 1 is 1.25 bits per heavy atom. The van der Waals surface area contributed by atoms with Crippen molar-refractivity contribution in [3.05, 3.63) is 35.5 Å². The third-order valence-electron chi connectivity index (χ3n) is 2.84. The molecule has 0 aliphatic heterocycles. The fraction of sp³-hybridized carbons (Fsp3) is 0.417. The van der Waals surface area contributed by atoms with Gasteiger partial charge in [0.25, 0.3) is 0 Å². The van der Waals surface area contributed by atoms with Crippen molar-refractivity contribution in [3.8, 4) is 0 Å². The Kier molecular flexibility index (Phi) is 2.74. The van der Waals surface area contributed by atoms with Crippen LogP contribution in [-0.2, 0) is 4.79 Å². The van der Waals surface area contributed by atoms with Gasteiger partial charge in [0, 0.05) is 12.8 Å². The number of alkyl halides is 3. The van der Waals surface area contributed by atoms with Gasteiger partial charge in [-0.05, 0) is 17.6 Å². The zero-order valence-corrected chi connectivity index (χ0v) is 8.55. The van der Waals surface area contributed by atoms with Gasteiger partial charge in [-0.1, -0.05) is 24.3 Å². The summed E-state index contributed by atoms with van der Waals surface area (Å²) in [4.78, 5) is 11.2. The van der Waals surface area contributed by atoms with Crippen LogP contribution in [-0.4, -0.2) is 12.0 Å². The summed E-state index contributed by atoms with van der Waals surface area (Å²) < 4.78 is 37.5. The molecule has 16 heavy (non-hydrogen) atoms. The highest BCUT2D eigenvalue weighted by molar-refractivity contribution is 5.81. The minimum absolute atomic E-state index is 0.0831. The SMILES string of the molecule is O=C1CC=C2C=CC(C(F)(F)F)C=C2CC1. The second kappa shape index (κ2) is 3.92. The zero-order valence-electron chi connectivity index (χ0n) is 8.55. The molecule has 0 heterocycles. The van der Waals surface area contributed by atoms with E-state index in [0.717, 1.165) is 11.6 Å². The first-order valence-electron chi connectivity index (χ1n) is 5.14. The highest BCUT2D eigenvalue weighted by Gasteiger charge is 2.37. The van der Waals surface area contributed by atoms with E-state index in [2.05, 4.69) is 0 Å². The first-order valence-corrected chi connectivity index (χ1v) is 5.14. The van der Waals surface area contributed by atoms with E-state index in [4.69, 9.17) is 0 Å². The average molecular weight is 228 g/mol. The molecule has 0 saturated heterocycles. The van der Waals surface area contributed by atoms with Crippen molar-refractivity contribution >= 4 is 5.78 Å². The molecule has 0 spiro atoms. The summed E-state index contributed by atoms with van der Waals surface area (Å²) in [7, 11) is 0. The third-order valence-corrected chi connectivity index (χ3v) is 2.84. The number of fused-ring (bicyclic) bond motifs is 1. The molecule has 0 aromatic heterocycles. The largest absolute Gasteiger partial charge is 0.398 e. The molecule has 86 valence electrons. The molecular formula is C12H11F3O. The van der Waals surface area contributed by atoms with Crippen molar-refractivity contribution in [2.75, 3.05) is 0 Å². The average Bonchev–Trinajstić information content (AvgIpc) is 2.39. The molecule has 1 unspecified atom stereocenters. The topological polar surface area (TPSA) is 17.1 Å². The Morgan fingerprint density at radius 2 is 2.00 bits per heavy atom. The first-order chi connectivity index (χ1) is 7.47. The third kappa shape index (κ3) is 2.26. The molecule has 0 radical (unpaired) electrons. The summed E-state index contributed by atoms with van der Waals surface area (Å²) in [6.07, 6.45) is 2.41. The quantitative estimate of drug-likeness (QED) is 0.621. The van der Waals surface area contributed by atoms with E-state index in [1.54, 1.807) is 6.08 Å². The Labute approximate surface area is 91.3 Å². The lowest BCUT2D eigenvalue weighted by atomic mass is 9.91. The first kappa shape index (κ1) is 11.2. The number of Topliss-reactive ketones (excluding diaryl/α,β-unsaturated/α-hetero) is 1. The molecule has 1 atom stereocenters. The lowest BCUT2D eigenvalue weighted by Gasteiger charge is -2.19. The molecule has 0 saturated carbocycles. The van der Waals surface area contributed by atoms with Gasteiger partial charge in [-0.3, -0.25) is 4.79 Å². The number of hydrogen-bond donors (Lipinski definition) is 0. The lowest BCUT2D eigenvalue weighted by Crippen LogP contribution is -2.21. The summed E-state index contributed by atoms with van der Waals surface area (Å²) in [6.45, 7) is 0. The van der Waals surface area contributed by atoms with Crippen LogP contribution in [0.25, 0.3) is 0 Å². The summed E-state index contributed by atoms with van der Waals surface area (Å²) in [5.41, 5.74) is 1.42. The smallest absolute Gasteiger partial charge is 0.299 e. The zero-order chi connectivity index (χ0) is 11.8. The molecule has 2 rings (SSSR count). The van der Waals surface area contributed by atoms with Crippen LogP contribution in [0.4, 0.5) is 13.2 Å². The summed E-state index contributed by atoms with van der Waals surface area (Å²) in [5, 5.41) is 0. The van der Waals surface area contributed by atoms with Gasteiger partial charge in [0.05, 0.1) is 5.92 Å². The van der Waals surface area contributed by atoms with Gasteiger partial charge in [0.15, 0.2) is 0 Å². The van der Waals surface area contributed by atoms with Crippen molar-refractivity contribution in [2.45, 2.75) is 25.4 Å². The van der Waals surface area contributed by atoms with E-state index in [0.29, 0.717) is 24.8 Å². The molecule has 0 amide bonds. The van der Waals surface area contributed by atoms with Crippen LogP contribution in [0.2, 0.25) is 0 Å². The molecular weight excluding hydrogens is 217 g/mol. The predicted octanol–water partition coefficient (Wildman–Crippen LogP) is 3.34. The number of carbonyl (C=O) groups is 1. The Hall–Kier alpha value is -1.32. The van der Waals surface area contributed by atoms with Crippen molar-refractivity contribution in [3.63, 3.8) is 0 Å². The number of rotatable bonds is 0. The highest BCUT2D eigenvalue weighted by atomic mass is 19.4. The molecule has 0 bridgehead atoms. The molecule has 1 nitrogen and oxygen atoms in total. The van der Waals surface area contributed by atoms with Gasteiger partial charge in [0.1, 0.15) is 5.78 Å². The van der Waals surface area contributed by atoms with E-state index >= 15 is 0 Å². The van der Waals surface area contributed by atoms with Crippen LogP contribution in [0.3, 0.4) is 0 Å². The standard InChI is InChI=1S/C12H11F3O/c13-12(14,15)10-4-1-8-2-5-11(16)6-3-9(8)7-10/h1-2,4,7,10H,3,5-6H2. The fourth-order valence-corrected chi connectivity index (χ4v) is 1.91. The Balaban J connectivity index is 2.27. The van der Waals surface area contributed by atoms with Crippen LogP contribution in [0.15, 0.2) is 35.5 Å². The van der Waals surface area contributed by atoms with Crippen molar-refractivity contribution in [1.82, 2.24) is 0 Å². The second-order valence-electron chi connectivity index (χ2n) is 4.02. The number of carbonyl (C=O) groups excluding carboxylic acids is 1. The van der Waals surface area contributed by atoms with Crippen LogP contribution in [0.1, 0.15) is 19.3 Å². The van der Waals surface area contributed by atoms with E-state index in [1.807, 2.05) is 0 Å². The van der Waals surface area contributed by atoms with E-state index in [1.165, 1.54) is 12.2 Å². The summed E-state index contributed by atoms with van der Waals surface area (Å²) in [5.74, 6) is -1.42. The second-order valence-corrected chi connectivity index (χ2v) is 4.02. The van der Waals surface area contributed by atoms with Gasteiger partial charge in [0.2, 0.25) is 0 Å². The highest BCUT2D eigenvalue weighted by Crippen LogP contribution is 2.36. The maximum atomic E-state index is 12.5. The van der Waals surface area contributed by atoms with Gasteiger partial charge >= 0.3 is 6.18 Å². The summed E-state index contributed by atoms with van der Waals surface area (Å²) >= 11 is 0. The van der Waals surface area contributed by atoms with Gasteiger partial charge in [-0.2, -0.15) is 13.2 Å². The molecule has 0 aromatic carbocycles. The van der Waals surface area contributed by atoms with Gasteiger partial charge < -0.3 is 0 Å². The van der Waals surface area contributed by atoms with Gasteiger partial charge in [-0.15, -0.1) is 0 Å². The lowest BCUT2D eigenvalue weighted by molar-refractivity contribution is -0.149. The van der Waals surface area contributed by atoms with Crippen LogP contribution >= 0.6 is 0 Å². The van der Waals surface area contributed by atoms with Crippen LogP contribution in [0, 0.1) is 5.92 Å². The number of halogens is 3. The molecule has 2 aliphatic rings. The number of allylic oxidation sites excluding steroid dienone is 6. The van der Waals surface area contributed by atoms with Crippen LogP contribution in [0.5, 0.6) is 0 Å². The number of ketones is 1. The van der Waals surface area contributed by atoms with Crippen molar-refractivity contribution in [1.29, 1.82) is 0 Å². The Bertz CT molecular complexity index is 399. The maximum absolute atomic E-state index is 12.5. The molecule has 0 aromatic rings. The van der Waals surface area contributed by atoms with E-state index in [9.17, 15) is 18.0 Å². The van der Waals surface area contributed by atoms with Gasteiger partial charge in [-0.25, -0.2) is 0 Å². The number of hydrogen-bond acceptors (Lipinski definition) is 1. The van der Waals surface area contributed by atoms with Crippen molar-refractivity contribution < 1.29 is 18.0 Å². The molecule has 0 N–H and O–H groups in total. The monoisotopic (exact) mass is 228 g/mol. The molecule has 0 fully saturated rings.